The molecule has 0 radical (unpaired) electrons. The van der Waals surface area contributed by atoms with Crippen LogP contribution >= 0.6 is 22.6 Å². The van der Waals surface area contributed by atoms with Crippen LogP contribution in [-0.2, 0) is 0 Å². The highest BCUT2D eigenvalue weighted by molar-refractivity contribution is 14.1. The monoisotopic (exact) mass is 395 g/mol. The van der Waals surface area contributed by atoms with Gasteiger partial charge in [0.2, 0.25) is 0 Å². The number of aryl methyl sites for hydroxylation is 2. The summed E-state index contributed by atoms with van der Waals surface area (Å²) in [4.78, 5) is 11.9. The van der Waals surface area contributed by atoms with Crippen LogP contribution in [0.3, 0.4) is 0 Å². The van der Waals surface area contributed by atoms with Gasteiger partial charge in [0.25, 0.3) is 5.91 Å². The molecule has 0 atom stereocenters. The van der Waals surface area contributed by atoms with Gasteiger partial charge in [0, 0.05) is 9.13 Å². The summed E-state index contributed by atoms with van der Waals surface area (Å²) in [6, 6.07) is 13.6. The highest BCUT2D eigenvalue weighted by Gasteiger charge is 2.05. The van der Waals surface area contributed by atoms with Crippen LogP contribution in [0, 0.1) is 17.4 Å². The Kier molecular flexibility index (Phi) is 5.61. The lowest BCUT2D eigenvalue weighted by atomic mass is 10.1. The molecule has 1 amide bonds. The molecule has 0 aliphatic heterocycles. The molecule has 2 rings (SSSR count). The largest absolute Gasteiger partial charge is 0.491 e. The normalized spacial score (nSPS) is 10.2. The van der Waals surface area contributed by atoms with Crippen molar-refractivity contribution in [3.8, 4) is 5.75 Å². The fourth-order valence-electron chi connectivity index (χ4n) is 1.89. The number of carbonyl (C=O) groups excluding carboxylic acids is 1. The minimum absolute atomic E-state index is 0.0732. The minimum atomic E-state index is -0.0732. The summed E-state index contributed by atoms with van der Waals surface area (Å²) in [5.41, 5.74) is 2.94. The van der Waals surface area contributed by atoms with Crippen LogP contribution in [0.4, 0.5) is 0 Å². The molecule has 0 aliphatic carbocycles. The van der Waals surface area contributed by atoms with E-state index in [1.165, 1.54) is 5.56 Å². The molecule has 110 valence electrons. The van der Waals surface area contributed by atoms with Gasteiger partial charge in [-0.1, -0.05) is 12.1 Å². The first-order valence-corrected chi connectivity index (χ1v) is 7.88. The third-order valence-electron chi connectivity index (χ3n) is 3.10. The van der Waals surface area contributed by atoms with E-state index in [2.05, 4.69) is 34.0 Å². The van der Waals surface area contributed by atoms with Crippen molar-refractivity contribution in [1.82, 2.24) is 5.32 Å². The molecule has 0 aliphatic rings. The molecule has 0 unspecified atom stereocenters. The topological polar surface area (TPSA) is 38.3 Å². The molecule has 0 saturated carbocycles. The molecule has 3 nitrogen and oxygen atoms in total. The van der Waals surface area contributed by atoms with E-state index in [-0.39, 0.29) is 5.91 Å². The number of nitrogens with one attached hydrogen (secondary N) is 1. The van der Waals surface area contributed by atoms with Crippen molar-refractivity contribution >= 4 is 28.5 Å². The first-order chi connectivity index (χ1) is 10.1. The Hall–Kier alpha value is -1.56. The number of benzene rings is 2. The van der Waals surface area contributed by atoms with E-state index in [4.69, 9.17) is 4.74 Å². The van der Waals surface area contributed by atoms with E-state index < -0.39 is 0 Å². The molecule has 0 fully saturated rings. The minimum Gasteiger partial charge on any atom is -0.491 e. The lowest BCUT2D eigenvalue weighted by Gasteiger charge is -2.10. The van der Waals surface area contributed by atoms with Gasteiger partial charge < -0.3 is 10.1 Å². The van der Waals surface area contributed by atoms with Gasteiger partial charge in [0.15, 0.2) is 0 Å². The maximum absolute atomic E-state index is 11.9. The SMILES string of the molecule is Cc1ccc(C)c(OCCNC(=O)c2ccc(I)cc2)c1. The average Bonchev–Trinajstić information content (AvgIpc) is 2.47. The number of ether oxygens (including phenoxy) is 1. The third-order valence-corrected chi connectivity index (χ3v) is 3.81. The van der Waals surface area contributed by atoms with Gasteiger partial charge in [0.1, 0.15) is 12.4 Å². The molecule has 0 saturated heterocycles. The fourth-order valence-corrected chi connectivity index (χ4v) is 2.25. The van der Waals surface area contributed by atoms with Gasteiger partial charge in [-0.25, -0.2) is 0 Å². The van der Waals surface area contributed by atoms with Gasteiger partial charge in [-0.2, -0.15) is 0 Å². The summed E-state index contributed by atoms with van der Waals surface area (Å²) < 4.78 is 6.82. The number of amides is 1. The van der Waals surface area contributed by atoms with Gasteiger partial charge in [-0.15, -0.1) is 0 Å². The first kappa shape index (κ1) is 15.8. The fraction of sp³-hybridized carbons (Fsp3) is 0.235. The van der Waals surface area contributed by atoms with Gasteiger partial charge in [-0.3, -0.25) is 4.79 Å². The lowest BCUT2D eigenvalue weighted by Crippen LogP contribution is -2.28. The van der Waals surface area contributed by atoms with Gasteiger partial charge >= 0.3 is 0 Å². The molecule has 0 spiro atoms. The van der Waals surface area contributed by atoms with E-state index in [0.29, 0.717) is 18.7 Å². The number of halogens is 1. The maximum Gasteiger partial charge on any atom is 0.251 e. The zero-order valence-electron chi connectivity index (χ0n) is 12.2. The Morgan fingerprint density at radius 1 is 1.14 bits per heavy atom. The molecular formula is C17H18INO2. The van der Waals surface area contributed by atoms with Crippen molar-refractivity contribution in [2.75, 3.05) is 13.2 Å². The molecule has 2 aromatic rings. The molecule has 21 heavy (non-hydrogen) atoms. The zero-order valence-corrected chi connectivity index (χ0v) is 14.3. The second kappa shape index (κ2) is 7.45. The van der Waals surface area contributed by atoms with Crippen LogP contribution < -0.4 is 10.1 Å². The molecule has 1 N–H and O–H groups in total. The van der Waals surface area contributed by atoms with E-state index in [9.17, 15) is 4.79 Å². The Balaban J connectivity index is 1.80. The quantitative estimate of drug-likeness (QED) is 0.619. The molecule has 0 heterocycles. The van der Waals surface area contributed by atoms with E-state index in [1.807, 2.05) is 50.2 Å². The standard InChI is InChI=1S/C17H18INO2/c1-12-3-4-13(2)16(11-12)21-10-9-19-17(20)14-5-7-15(18)8-6-14/h3-8,11H,9-10H2,1-2H3,(H,19,20). The summed E-state index contributed by atoms with van der Waals surface area (Å²) in [5.74, 6) is 0.800. The van der Waals surface area contributed by atoms with E-state index in [0.717, 1.165) is 14.9 Å². The molecule has 2 aromatic carbocycles. The highest BCUT2D eigenvalue weighted by atomic mass is 127. The van der Waals surface area contributed by atoms with Crippen molar-refractivity contribution in [2.24, 2.45) is 0 Å². The maximum atomic E-state index is 11.9. The van der Waals surface area contributed by atoms with Crippen LogP contribution in [0.2, 0.25) is 0 Å². The Labute approximate surface area is 138 Å². The number of hydrogen-bond donors (Lipinski definition) is 1. The van der Waals surface area contributed by atoms with Crippen molar-refractivity contribution in [3.63, 3.8) is 0 Å². The van der Waals surface area contributed by atoms with Crippen LogP contribution in [0.1, 0.15) is 21.5 Å². The van der Waals surface area contributed by atoms with Crippen LogP contribution in [-0.4, -0.2) is 19.1 Å². The summed E-state index contributed by atoms with van der Waals surface area (Å²) in [5, 5.41) is 2.86. The summed E-state index contributed by atoms with van der Waals surface area (Å²) >= 11 is 2.21. The van der Waals surface area contributed by atoms with Crippen molar-refractivity contribution in [3.05, 3.63) is 62.7 Å². The number of rotatable bonds is 5. The molecule has 4 heteroatoms. The Morgan fingerprint density at radius 3 is 2.57 bits per heavy atom. The lowest BCUT2D eigenvalue weighted by molar-refractivity contribution is 0.0947. The summed E-state index contributed by atoms with van der Waals surface area (Å²) in [6.07, 6.45) is 0. The summed E-state index contributed by atoms with van der Waals surface area (Å²) in [7, 11) is 0. The smallest absolute Gasteiger partial charge is 0.251 e. The third kappa shape index (κ3) is 4.74. The van der Waals surface area contributed by atoms with E-state index >= 15 is 0 Å². The van der Waals surface area contributed by atoms with Crippen LogP contribution in [0.5, 0.6) is 5.75 Å². The van der Waals surface area contributed by atoms with Gasteiger partial charge in [0.05, 0.1) is 6.54 Å². The summed E-state index contributed by atoms with van der Waals surface area (Å²) in [6.45, 7) is 4.99. The second-order valence-electron chi connectivity index (χ2n) is 4.88. The number of hydrogen-bond acceptors (Lipinski definition) is 2. The predicted octanol–water partition coefficient (Wildman–Crippen LogP) is 3.72. The van der Waals surface area contributed by atoms with Crippen molar-refractivity contribution in [2.45, 2.75) is 13.8 Å². The molecule has 0 bridgehead atoms. The molecular weight excluding hydrogens is 377 g/mol. The van der Waals surface area contributed by atoms with Crippen LogP contribution in [0.25, 0.3) is 0 Å². The Bertz CT molecular complexity index is 623. The second-order valence-corrected chi connectivity index (χ2v) is 6.13. The van der Waals surface area contributed by atoms with Crippen LogP contribution in [0.15, 0.2) is 42.5 Å². The molecule has 0 aromatic heterocycles. The first-order valence-electron chi connectivity index (χ1n) is 6.80. The predicted molar refractivity (Wildman–Crippen MR) is 92.9 cm³/mol. The highest BCUT2D eigenvalue weighted by Crippen LogP contribution is 2.18. The average molecular weight is 395 g/mol. The van der Waals surface area contributed by atoms with Crippen molar-refractivity contribution in [1.29, 1.82) is 0 Å². The van der Waals surface area contributed by atoms with E-state index in [1.54, 1.807) is 0 Å². The Morgan fingerprint density at radius 2 is 1.86 bits per heavy atom. The zero-order chi connectivity index (χ0) is 15.2. The number of carbonyl (C=O) groups is 1. The van der Waals surface area contributed by atoms with Crippen molar-refractivity contribution < 1.29 is 9.53 Å². The van der Waals surface area contributed by atoms with Gasteiger partial charge in [-0.05, 0) is 77.9 Å².